The lowest BCUT2D eigenvalue weighted by Gasteiger charge is -2.22. The smallest absolute Gasteiger partial charge is 0.335 e. The normalized spacial score (nSPS) is 11.0. The third-order valence-corrected chi connectivity index (χ3v) is 3.98. The van der Waals surface area contributed by atoms with Crippen molar-refractivity contribution in [3.05, 3.63) is 48.0 Å². The fourth-order valence-corrected chi connectivity index (χ4v) is 2.72. The Bertz CT molecular complexity index is 868. The van der Waals surface area contributed by atoms with Gasteiger partial charge in [-0.15, -0.1) is 0 Å². The summed E-state index contributed by atoms with van der Waals surface area (Å²) in [6.07, 6.45) is 0. The quantitative estimate of drug-likeness (QED) is 0.521. The molecule has 1 aromatic heterocycles. The third kappa shape index (κ3) is 3.62. The largest absolute Gasteiger partial charge is 0.478 e. The Labute approximate surface area is 144 Å². The Hall–Kier alpha value is -2.90. The number of aromatic carboxylic acids is 1. The van der Waals surface area contributed by atoms with Gasteiger partial charge in [-0.2, -0.15) is 0 Å². The van der Waals surface area contributed by atoms with Crippen LogP contribution in [0.5, 0.6) is 0 Å². The Balaban J connectivity index is 1.89. The highest BCUT2D eigenvalue weighted by Crippen LogP contribution is 2.24. The molecule has 0 saturated heterocycles. The number of aromatic nitrogens is 2. The van der Waals surface area contributed by atoms with Crippen LogP contribution in [0.3, 0.4) is 0 Å². The zero-order chi connectivity index (χ0) is 17.8. The summed E-state index contributed by atoms with van der Waals surface area (Å²) < 4.78 is 0. The predicted molar refractivity (Wildman–Crippen MR) is 94.9 cm³/mol. The number of nitrogens with zero attached hydrogens (tertiary/aromatic N) is 2. The summed E-state index contributed by atoms with van der Waals surface area (Å²) in [6, 6.07) is 12.4. The second kappa shape index (κ2) is 7.33. The predicted octanol–water partition coefficient (Wildman–Crippen LogP) is 1.72. The maximum Gasteiger partial charge on any atom is 0.335 e. The van der Waals surface area contributed by atoms with Gasteiger partial charge in [-0.05, 0) is 42.5 Å². The number of carboxylic acids is 1. The lowest BCUT2D eigenvalue weighted by molar-refractivity contribution is 0.0697. The SMILES string of the molecule is O=C(O)c1ccc2[nH]c(-c3ccc(N(CCO)CCO)cc3)nc2c1. The zero-order valence-electron chi connectivity index (χ0n) is 13.5. The van der Waals surface area contributed by atoms with Crippen molar-refractivity contribution in [1.82, 2.24) is 9.97 Å². The van der Waals surface area contributed by atoms with Crippen molar-refractivity contribution in [2.45, 2.75) is 0 Å². The molecule has 0 aliphatic rings. The first kappa shape index (κ1) is 16.9. The van der Waals surface area contributed by atoms with Crippen LogP contribution in [0.1, 0.15) is 10.4 Å². The van der Waals surface area contributed by atoms with Crippen LogP contribution in [-0.2, 0) is 0 Å². The van der Waals surface area contributed by atoms with Crippen molar-refractivity contribution >= 4 is 22.7 Å². The Morgan fingerprint density at radius 2 is 1.72 bits per heavy atom. The molecule has 0 radical (unpaired) electrons. The number of aromatic amines is 1. The van der Waals surface area contributed by atoms with Crippen molar-refractivity contribution in [2.75, 3.05) is 31.2 Å². The van der Waals surface area contributed by atoms with Gasteiger partial charge < -0.3 is 25.2 Å². The first-order valence-electron chi connectivity index (χ1n) is 7.92. The standard InChI is InChI=1S/C18H19N3O4/c22-9-7-21(8-10-23)14-4-1-12(2-5-14)17-19-15-6-3-13(18(24)25)11-16(15)20-17/h1-6,11,22-23H,7-10H2,(H,19,20)(H,24,25). The number of aliphatic hydroxyl groups excluding tert-OH is 2. The number of benzene rings is 2. The fourth-order valence-electron chi connectivity index (χ4n) is 2.72. The maximum absolute atomic E-state index is 11.1. The highest BCUT2D eigenvalue weighted by atomic mass is 16.4. The van der Waals surface area contributed by atoms with Gasteiger partial charge in [0.05, 0.1) is 29.8 Å². The summed E-state index contributed by atoms with van der Waals surface area (Å²) in [6.45, 7) is 0.916. The highest BCUT2D eigenvalue weighted by molar-refractivity contribution is 5.93. The molecule has 2 aromatic carbocycles. The molecule has 3 aromatic rings. The minimum atomic E-state index is -0.983. The van der Waals surface area contributed by atoms with Gasteiger partial charge in [-0.25, -0.2) is 9.78 Å². The lowest BCUT2D eigenvalue weighted by atomic mass is 10.2. The fraction of sp³-hybridized carbons (Fsp3) is 0.222. The number of hydrogen-bond donors (Lipinski definition) is 4. The molecule has 7 heteroatoms. The van der Waals surface area contributed by atoms with Crippen molar-refractivity contribution in [1.29, 1.82) is 0 Å². The lowest BCUT2D eigenvalue weighted by Crippen LogP contribution is -2.29. The third-order valence-electron chi connectivity index (χ3n) is 3.98. The van der Waals surface area contributed by atoms with E-state index >= 15 is 0 Å². The van der Waals surface area contributed by atoms with Crippen LogP contribution in [0.2, 0.25) is 0 Å². The van der Waals surface area contributed by atoms with E-state index in [1.165, 1.54) is 12.1 Å². The van der Waals surface area contributed by atoms with E-state index in [4.69, 9.17) is 15.3 Å². The molecular weight excluding hydrogens is 322 g/mol. The van der Waals surface area contributed by atoms with E-state index in [1.54, 1.807) is 6.07 Å². The minimum absolute atomic E-state index is 0.0111. The molecule has 130 valence electrons. The molecule has 4 N–H and O–H groups in total. The number of hydrogen-bond acceptors (Lipinski definition) is 5. The first-order chi connectivity index (χ1) is 12.1. The monoisotopic (exact) mass is 341 g/mol. The summed E-state index contributed by atoms with van der Waals surface area (Å²) in [5.74, 6) is -0.330. The molecule has 25 heavy (non-hydrogen) atoms. The van der Waals surface area contributed by atoms with Gasteiger partial charge >= 0.3 is 5.97 Å². The average molecular weight is 341 g/mol. The summed E-state index contributed by atoms with van der Waals surface area (Å²) in [7, 11) is 0. The van der Waals surface area contributed by atoms with Crippen LogP contribution in [0.15, 0.2) is 42.5 Å². The van der Waals surface area contributed by atoms with Crippen molar-refractivity contribution in [2.24, 2.45) is 0 Å². The number of aliphatic hydroxyl groups is 2. The molecular formula is C18H19N3O4. The van der Waals surface area contributed by atoms with Crippen molar-refractivity contribution in [3.8, 4) is 11.4 Å². The molecule has 0 saturated carbocycles. The Morgan fingerprint density at radius 3 is 2.32 bits per heavy atom. The summed E-state index contributed by atoms with van der Waals surface area (Å²) in [4.78, 5) is 20.6. The number of nitrogens with one attached hydrogen (secondary N) is 1. The Kier molecular flexibility index (Phi) is 4.97. The van der Waals surface area contributed by atoms with Gasteiger partial charge in [-0.1, -0.05) is 0 Å². The topological polar surface area (TPSA) is 110 Å². The number of H-pyrrole nitrogens is 1. The molecule has 0 amide bonds. The highest BCUT2D eigenvalue weighted by Gasteiger charge is 2.10. The van der Waals surface area contributed by atoms with Crippen molar-refractivity contribution < 1.29 is 20.1 Å². The molecule has 0 aliphatic carbocycles. The molecule has 7 nitrogen and oxygen atoms in total. The van der Waals surface area contributed by atoms with Crippen LogP contribution in [-0.4, -0.2) is 57.6 Å². The minimum Gasteiger partial charge on any atom is -0.478 e. The number of fused-ring (bicyclic) bond motifs is 1. The molecule has 3 rings (SSSR count). The first-order valence-corrected chi connectivity index (χ1v) is 7.92. The van der Waals surface area contributed by atoms with E-state index in [0.29, 0.717) is 24.4 Å². The second-order valence-corrected chi connectivity index (χ2v) is 5.60. The molecule has 0 fully saturated rings. The average Bonchev–Trinajstić information content (AvgIpc) is 3.05. The van der Waals surface area contributed by atoms with Gasteiger partial charge in [0.15, 0.2) is 0 Å². The number of anilines is 1. The van der Waals surface area contributed by atoms with Crippen LogP contribution >= 0.6 is 0 Å². The summed E-state index contributed by atoms with van der Waals surface area (Å²) in [5, 5.41) is 27.3. The van der Waals surface area contributed by atoms with Crippen LogP contribution in [0.4, 0.5) is 5.69 Å². The number of imidazole rings is 1. The van der Waals surface area contributed by atoms with Gasteiger partial charge in [0.25, 0.3) is 0 Å². The van der Waals surface area contributed by atoms with E-state index in [9.17, 15) is 4.79 Å². The molecule has 1 heterocycles. The molecule has 0 aliphatic heterocycles. The van der Waals surface area contributed by atoms with E-state index in [-0.39, 0.29) is 18.8 Å². The summed E-state index contributed by atoms with van der Waals surface area (Å²) >= 11 is 0. The Morgan fingerprint density at radius 1 is 1.04 bits per heavy atom. The van der Waals surface area contributed by atoms with E-state index in [1.807, 2.05) is 29.2 Å². The second-order valence-electron chi connectivity index (χ2n) is 5.60. The van der Waals surface area contributed by atoms with Crippen LogP contribution in [0.25, 0.3) is 22.4 Å². The molecule has 0 spiro atoms. The van der Waals surface area contributed by atoms with E-state index in [2.05, 4.69) is 9.97 Å². The number of rotatable bonds is 7. The van der Waals surface area contributed by atoms with Gasteiger partial charge in [0.1, 0.15) is 5.82 Å². The number of carbonyl (C=O) groups is 1. The maximum atomic E-state index is 11.1. The van der Waals surface area contributed by atoms with Gasteiger partial charge in [0, 0.05) is 24.3 Å². The molecule has 0 unspecified atom stereocenters. The van der Waals surface area contributed by atoms with E-state index in [0.717, 1.165) is 16.8 Å². The molecule has 0 bridgehead atoms. The van der Waals surface area contributed by atoms with Gasteiger partial charge in [0.2, 0.25) is 0 Å². The van der Waals surface area contributed by atoms with Crippen LogP contribution < -0.4 is 4.90 Å². The van der Waals surface area contributed by atoms with Crippen molar-refractivity contribution in [3.63, 3.8) is 0 Å². The number of carboxylic acid groups (broad SMARTS) is 1. The zero-order valence-corrected chi connectivity index (χ0v) is 13.5. The van der Waals surface area contributed by atoms with Crippen LogP contribution in [0, 0.1) is 0 Å². The molecule has 0 atom stereocenters. The van der Waals surface area contributed by atoms with Gasteiger partial charge in [-0.3, -0.25) is 0 Å². The van der Waals surface area contributed by atoms with E-state index < -0.39 is 5.97 Å². The summed E-state index contributed by atoms with van der Waals surface area (Å²) in [5.41, 5.74) is 3.33.